The van der Waals surface area contributed by atoms with E-state index in [-0.39, 0.29) is 17.6 Å². The molecule has 92 valence electrons. The van der Waals surface area contributed by atoms with Crippen LogP contribution in [-0.2, 0) is 4.79 Å². The maximum Gasteiger partial charge on any atom is 0.228 e. The second kappa shape index (κ2) is 4.95. The summed E-state index contributed by atoms with van der Waals surface area (Å²) in [5, 5.41) is 0. The van der Waals surface area contributed by atoms with E-state index in [0.29, 0.717) is 24.2 Å². The summed E-state index contributed by atoms with van der Waals surface area (Å²) in [6, 6.07) is 5.32. The molecule has 1 aliphatic heterocycles. The zero-order valence-electron chi connectivity index (χ0n) is 9.94. The minimum absolute atomic E-state index is 0.0252. The molecule has 0 N–H and O–H groups in total. The van der Waals surface area contributed by atoms with Crippen molar-refractivity contribution in [2.24, 2.45) is 5.92 Å². The Morgan fingerprint density at radius 3 is 2.83 bits per heavy atom. The first-order valence-electron chi connectivity index (χ1n) is 5.60. The van der Waals surface area contributed by atoms with Gasteiger partial charge in [-0.15, -0.1) is 12.3 Å². The first-order chi connectivity index (χ1) is 8.52. The van der Waals surface area contributed by atoms with Crippen molar-refractivity contribution in [3.05, 3.63) is 28.2 Å². The van der Waals surface area contributed by atoms with Gasteiger partial charge >= 0.3 is 0 Å². The third kappa shape index (κ3) is 2.32. The fraction of sp³-hybridized carbons (Fsp3) is 0.286. The SMILES string of the molecule is C#CC1CC(=O)N(c2ccc(Br)cc2C(C)=O)C1. The van der Waals surface area contributed by atoms with Crippen LogP contribution < -0.4 is 4.90 Å². The van der Waals surface area contributed by atoms with Crippen LogP contribution in [0.3, 0.4) is 0 Å². The number of rotatable bonds is 2. The van der Waals surface area contributed by atoms with Crippen LogP contribution in [0.4, 0.5) is 5.69 Å². The number of anilines is 1. The fourth-order valence-corrected chi connectivity index (χ4v) is 2.44. The van der Waals surface area contributed by atoms with Gasteiger partial charge in [-0.3, -0.25) is 9.59 Å². The molecule has 1 aromatic rings. The predicted octanol–water partition coefficient (Wildman–Crippen LogP) is 2.64. The van der Waals surface area contributed by atoms with Gasteiger partial charge in [-0.1, -0.05) is 15.9 Å². The maximum absolute atomic E-state index is 11.9. The third-order valence-corrected chi connectivity index (χ3v) is 3.48. The molecule has 0 bridgehead atoms. The number of terminal acetylenes is 1. The van der Waals surface area contributed by atoms with Crippen molar-refractivity contribution in [2.45, 2.75) is 13.3 Å². The van der Waals surface area contributed by atoms with Crippen molar-refractivity contribution in [2.75, 3.05) is 11.4 Å². The molecule has 1 unspecified atom stereocenters. The molecule has 1 aliphatic rings. The van der Waals surface area contributed by atoms with E-state index in [0.717, 1.165) is 4.47 Å². The predicted molar refractivity (Wildman–Crippen MR) is 73.4 cm³/mol. The molecule has 0 aromatic heterocycles. The Morgan fingerprint density at radius 1 is 1.56 bits per heavy atom. The lowest BCUT2D eigenvalue weighted by atomic mass is 10.1. The smallest absolute Gasteiger partial charge is 0.228 e. The van der Waals surface area contributed by atoms with Gasteiger partial charge in [-0.25, -0.2) is 0 Å². The van der Waals surface area contributed by atoms with Crippen molar-refractivity contribution in [3.63, 3.8) is 0 Å². The molecule has 1 heterocycles. The summed E-state index contributed by atoms with van der Waals surface area (Å²) >= 11 is 3.33. The molecule has 1 aromatic carbocycles. The van der Waals surface area contributed by atoms with Crippen LogP contribution in [0.15, 0.2) is 22.7 Å². The molecule has 1 amide bonds. The topological polar surface area (TPSA) is 37.4 Å². The lowest BCUT2D eigenvalue weighted by Crippen LogP contribution is -2.26. The molecule has 18 heavy (non-hydrogen) atoms. The summed E-state index contributed by atoms with van der Waals surface area (Å²) in [7, 11) is 0. The molecule has 1 atom stereocenters. The molecule has 0 spiro atoms. The number of hydrogen-bond donors (Lipinski definition) is 0. The number of carbonyl (C=O) groups excluding carboxylic acids is 2. The lowest BCUT2D eigenvalue weighted by Gasteiger charge is -2.19. The lowest BCUT2D eigenvalue weighted by molar-refractivity contribution is -0.117. The number of carbonyl (C=O) groups is 2. The standard InChI is InChI=1S/C14H12BrNO2/c1-3-10-6-14(18)16(8-10)13-5-4-11(15)7-12(13)9(2)17/h1,4-5,7,10H,6,8H2,2H3. The Hall–Kier alpha value is -1.60. The monoisotopic (exact) mass is 305 g/mol. The van der Waals surface area contributed by atoms with Gasteiger partial charge in [0.05, 0.1) is 5.69 Å². The third-order valence-electron chi connectivity index (χ3n) is 2.99. The largest absolute Gasteiger partial charge is 0.310 e. The number of nitrogens with zero attached hydrogens (tertiary/aromatic N) is 1. The van der Waals surface area contributed by atoms with E-state index in [4.69, 9.17) is 6.42 Å². The van der Waals surface area contributed by atoms with Crippen LogP contribution in [0, 0.1) is 18.3 Å². The number of benzene rings is 1. The molecule has 4 heteroatoms. The average Bonchev–Trinajstić information content (AvgIpc) is 2.70. The van der Waals surface area contributed by atoms with Gasteiger partial charge in [0, 0.05) is 28.9 Å². The van der Waals surface area contributed by atoms with Crippen molar-refractivity contribution >= 4 is 33.3 Å². The van der Waals surface area contributed by atoms with Gasteiger partial charge in [0.2, 0.25) is 5.91 Å². The van der Waals surface area contributed by atoms with E-state index in [1.807, 2.05) is 6.07 Å². The molecule has 2 rings (SSSR count). The van der Waals surface area contributed by atoms with Gasteiger partial charge in [-0.2, -0.15) is 0 Å². The molecule has 1 fully saturated rings. The van der Waals surface area contributed by atoms with E-state index in [2.05, 4.69) is 21.9 Å². The second-order valence-electron chi connectivity index (χ2n) is 4.29. The highest BCUT2D eigenvalue weighted by atomic mass is 79.9. The minimum atomic E-state index is -0.0686. The Kier molecular flexibility index (Phi) is 3.53. The quantitative estimate of drug-likeness (QED) is 0.622. The highest BCUT2D eigenvalue weighted by Gasteiger charge is 2.31. The van der Waals surface area contributed by atoms with Gasteiger partial charge in [0.15, 0.2) is 5.78 Å². The van der Waals surface area contributed by atoms with Crippen LogP contribution in [0.1, 0.15) is 23.7 Å². The molecule has 0 saturated carbocycles. The zero-order valence-corrected chi connectivity index (χ0v) is 11.5. The van der Waals surface area contributed by atoms with E-state index in [9.17, 15) is 9.59 Å². The number of halogens is 1. The first-order valence-corrected chi connectivity index (χ1v) is 6.39. The van der Waals surface area contributed by atoms with Crippen LogP contribution in [0.2, 0.25) is 0 Å². The van der Waals surface area contributed by atoms with Gasteiger partial charge < -0.3 is 4.90 Å². The summed E-state index contributed by atoms with van der Waals surface area (Å²) in [5.74, 6) is 2.44. The minimum Gasteiger partial charge on any atom is -0.310 e. The summed E-state index contributed by atoms with van der Waals surface area (Å²) in [6.07, 6.45) is 5.71. The Bertz CT molecular complexity index is 559. The van der Waals surface area contributed by atoms with E-state index in [1.54, 1.807) is 17.0 Å². The van der Waals surface area contributed by atoms with Gasteiger partial charge in [0.1, 0.15) is 0 Å². The molecule has 3 nitrogen and oxygen atoms in total. The van der Waals surface area contributed by atoms with E-state index in [1.165, 1.54) is 6.92 Å². The normalized spacial score (nSPS) is 18.8. The first kappa shape index (κ1) is 12.8. The Morgan fingerprint density at radius 2 is 2.28 bits per heavy atom. The van der Waals surface area contributed by atoms with Crippen LogP contribution in [0.5, 0.6) is 0 Å². The number of Topliss-reactive ketones (excluding diaryl/α,β-unsaturated/α-hetero) is 1. The second-order valence-corrected chi connectivity index (χ2v) is 5.21. The molecule has 0 aliphatic carbocycles. The fourth-order valence-electron chi connectivity index (χ4n) is 2.08. The van der Waals surface area contributed by atoms with Gasteiger partial charge in [0.25, 0.3) is 0 Å². The van der Waals surface area contributed by atoms with Crippen molar-refractivity contribution in [1.29, 1.82) is 0 Å². The van der Waals surface area contributed by atoms with Crippen molar-refractivity contribution < 1.29 is 9.59 Å². The van der Waals surface area contributed by atoms with Crippen LogP contribution >= 0.6 is 15.9 Å². The Labute approximate surface area is 114 Å². The van der Waals surface area contributed by atoms with Crippen molar-refractivity contribution in [3.8, 4) is 12.3 Å². The highest BCUT2D eigenvalue weighted by molar-refractivity contribution is 9.10. The number of amides is 1. The maximum atomic E-state index is 11.9. The summed E-state index contributed by atoms with van der Waals surface area (Å²) in [4.78, 5) is 25.1. The molecule has 0 radical (unpaired) electrons. The van der Waals surface area contributed by atoms with Crippen LogP contribution in [0.25, 0.3) is 0 Å². The van der Waals surface area contributed by atoms with Crippen LogP contribution in [-0.4, -0.2) is 18.2 Å². The van der Waals surface area contributed by atoms with Crippen molar-refractivity contribution in [1.82, 2.24) is 0 Å². The molecular formula is C14H12BrNO2. The average molecular weight is 306 g/mol. The van der Waals surface area contributed by atoms with E-state index >= 15 is 0 Å². The van der Waals surface area contributed by atoms with Gasteiger partial charge in [-0.05, 0) is 25.1 Å². The number of hydrogen-bond acceptors (Lipinski definition) is 2. The van der Waals surface area contributed by atoms with E-state index < -0.39 is 0 Å². The highest BCUT2D eigenvalue weighted by Crippen LogP contribution is 2.30. The molecule has 1 saturated heterocycles. The zero-order chi connectivity index (χ0) is 13.3. The summed E-state index contributed by atoms with van der Waals surface area (Å²) in [6.45, 7) is 1.97. The summed E-state index contributed by atoms with van der Waals surface area (Å²) < 4.78 is 0.816. The molecular weight excluding hydrogens is 294 g/mol. The number of ketones is 1. The summed E-state index contributed by atoms with van der Waals surface area (Å²) in [5.41, 5.74) is 1.18. The Balaban J connectivity index is 2.43.